The fourth-order valence-corrected chi connectivity index (χ4v) is 3.71. The molecule has 2 atom stereocenters. The normalized spacial score (nSPS) is 26.0. The molecule has 0 unspecified atom stereocenters. The van der Waals surface area contributed by atoms with Crippen LogP contribution in [0.1, 0.15) is 12.5 Å². The van der Waals surface area contributed by atoms with E-state index >= 15 is 0 Å². The third-order valence-corrected chi connectivity index (χ3v) is 5.18. The van der Waals surface area contributed by atoms with Crippen molar-refractivity contribution >= 4 is 0 Å². The number of ether oxygens (including phenoxy) is 1. The van der Waals surface area contributed by atoms with Gasteiger partial charge < -0.3 is 14.7 Å². The molecular weight excluding hydrogens is 314 g/mol. The van der Waals surface area contributed by atoms with Crippen LogP contribution in [0.2, 0.25) is 0 Å². The van der Waals surface area contributed by atoms with Crippen molar-refractivity contribution in [2.24, 2.45) is 0 Å². The molecule has 0 aliphatic carbocycles. The maximum Gasteiger partial charge on any atom is 0.124 e. The van der Waals surface area contributed by atoms with Gasteiger partial charge in [0, 0.05) is 57.4 Å². The Labute approximate surface area is 151 Å². The highest BCUT2D eigenvalue weighted by molar-refractivity contribution is 5.33. The van der Waals surface area contributed by atoms with E-state index in [1.807, 2.05) is 25.1 Å². The van der Waals surface area contributed by atoms with Gasteiger partial charge in [-0.25, -0.2) is 0 Å². The number of hydrogen-bond donors (Lipinski definition) is 1. The van der Waals surface area contributed by atoms with E-state index in [1.54, 1.807) is 0 Å². The van der Waals surface area contributed by atoms with E-state index in [-0.39, 0.29) is 12.1 Å². The van der Waals surface area contributed by atoms with E-state index < -0.39 is 0 Å². The Hall–Kier alpha value is -1.40. The Kier molecular flexibility index (Phi) is 6.12. The molecule has 5 nitrogen and oxygen atoms in total. The lowest BCUT2D eigenvalue weighted by Crippen LogP contribution is -2.52. The molecule has 138 valence electrons. The highest BCUT2D eigenvalue weighted by Gasteiger charge is 2.36. The highest BCUT2D eigenvalue weighted by Crippen LogP contribution is 2.24. The van der Waals surface area contributed by atoms with Crippen molar-refractivity contribution < 1.29 is 9.84 Å². The van der Waals surface area contributed by atoms with Crippen molar-refractivity contribution in [2.45, 2.75) is 25.6 Å². The Morgan fingerprint density at radius 3 is 2.64 bits per heavy atom. The van der Waals surface area contributed by atoms with Gasteiger partial charge in [0.25, 0.3) is 0 Å². The van der Waals surface area contributed by atoms with Gasteiger partial charge in [-0.15, -0.1) is 0 Å². The zero-order valence-electron chi connectivity index (χ0n) is 15.5. The van der Waals surface area contributed by atoms with E-state index in [2.05, 4.69) is 34.4 Å². The first-order valence-electron chi connectivity index (χ1n) is 9.21. The highest BCUT2D eigenvalue weighted by atomic mass is 16.5. The summed E-state index contributed by atoms with van der Waals surface area (Å²) in [6, 6.07) is 8.43. The average Bonchev–Trinajstić information content (AvgIpc) is 2.95. The van der Waals surface area contributed by atoms with Crippen molar-refractivity contribution in [3.63, 3.8) is 0 Å². The molecule has 25 heavy (non-hydrogen) atoms. The summed E-state index contributed by atoms with van der Waals surface area (Å²) in [4.78, 5) is 7.15. The maximum absolute atomic E-state index is 10.6. The lowest BCUT2D eigenvalue weighted by molar-refractivity contribution is 0.0512. The van der Waals surface area contributed by atoms with Crippen LogP contribution in [-0.4, -0.2) is 84.9 Å². The Morgan fingerprint density at radius 1 is 1.20 bits per heavy atom. The maximum atomic E-state index is 10.6. The molecule has 0 aromatic heterocycles. The second-order valence-electron chi connectivity index (χ2n) is 7.52. The van der Waals surface area contributed by atoms with Crippen LogP contribution in [0.5, 0.6) is 5.75 Å². The Balaban J connectivity index is 1.60. The van der Waals surface area contributed by atoms with Gasteiger partial charge in [-0.05, 0) is 25.6 Å². The lowest BCUT2D eigenvalue weighted by atomic mass is 10.1. The minimum absolute atomic E-state index is 0.247. The zero-order chi connectivity index (χ0) is 17.8. The number of hydrogen-bond acceptors (Lipinski definition) is 5. The molecule has 2 fully saturated rings. The minimum Gasteiger partial charge on any atom is -0.489 e. The van der Waals surface area contributed by atoms with Gasteiger partial charge in [-0.3, -0.25) is 9.80 Å². The Morgan fingerprint density at radius 2 is 1.92 bits per heavy atom. The third kappa shape index (κ3) is 4.82. The summed E-state index contributed by atoms with van der Waals surface area (Å²) in [7, 11) is 2.16. The Bertz CT molecular complexity index is 584. The number of aliphatic hydroxyl groups excluding tert-OH is 1. The van der Waals surface area contributed by atoms with Crippen molar-refractivity contribution in [1.82, 2.24) is 14.7 Å². The SMILES string of the molecule is C=C(C)COc1ccccc1CN1C[C@H](O)[C@@H](N2CCN(C)CC2)C1. The van der Waals surface area contributed by atoms with Gasteiger partial charge in [0.15, 0.2) is 0 Å². The van der Waals surface area contributed by atoms with Gasteiger partial charge in [0.2, 0.25) is 0 Å². The monoisotopic (exact) mass is 345 g/mol. The van der Waals surface area contributed by atoms with Crippen LogP contribution < -0.4 is 4.74 Å². The predicted molar refractivity (Wildman–Crippen MR) is 101 cm³/mol. The van der Waals surface area contributed by atoms with Gasteiger partial charge in [-0.2, -0.15) is 0 Å². The average molecular weight is 345 g/mol. The minimum atomic E-state index is -0.271. The molecule has 2 saturated heterocycles. The number of benzene rings is 1. The van der Waals surface area contributed by atoms with Crippen LogP contribution in [0.25, 0.3) is 0 Å². The quantitative estimate of drug-likeness (QED) is 0.790. The molecule has 1 N–H and O–H groups in total. The van der Waals surface area contributed by atoms with E-state index in [1.165, 1.54) is 5.56 Å². The van der Waals surface area contributed by atoms with Gasteiger partial charge >= 0.3 is 0 Å². The number of para-hydroxylation sites is 1. The van der Waals surface area contributed by atoms with Gasteiger partial charge in [-0.1, -0.05) is 24.8 Å². The molecule has 5 heteroatoms. The molecule has 2 heterocycles. The molecule has 0 amide bonds. The molecule has 0 spiro atoms. The fraction of sp³-hybridized carbons (Fsp3) is 0.600. The van der Waals surface area contributed by atoms with Crippen LogP contribution in [0.15, 0.2) is 36.4 Å². The molecule has 1 aromatic carbocycles. The number of nitrogens with zero attached hydrogens (tertiary/aromatic N) is 3. The first kappa shape index (κ1) is 18.4. The standard InChI is InChI=1S/C20H31N3O2/c1-16(2)15-25-20-7-5-4-6-17(20)12-22-13-18(19(24)14-22)23-10-8-21(3)9-11-23/h4-7,18-19,24H,1,8-15H2,2-3H3/t18-,19-/m0/s1. The van der Waals surface area contributed by atoms with Crippen LogP contribution in [0.3, 0.4) is 0 Å². The number of piperazine rings is 1. The molecule has 2 aliphatic heterocycles. The second-order valence-corrected chi connectivity index (χ2v) is 7.52. The molecule has 1 aromatic rings. The second kappa shape index (κ2) is 8.32. The molecule has 2 aliphatic rings. The first-order valence-corrected chi connectivity index (χ1v) is 9.21. The molecule has 0 bridgehead atoms. The smallest absolute Gasteiger partial charge is 0.124 e. The molecular formula is C20H31N3O2. The van der Waals surface area contributed by atoms with Crippen molar-refractivity contribution in [1.29, 1.82) is 0 Å². The summed E-state index contributed by atoms with van der Waals surface area (Å²) >= 11 is 0. The number of aliphatic hydroxyl groups is 1. The fourth-order valence-electron chi connectivity index (χ4n) is 3.71. The topological polar surface area (TPSA) is 39.2 Å². The van der Waals surface area contributed by atoms with Gasteiger partial charge in [0.1, 0.15) is 12.4 Å². The van der Waals surface area contributed by atoms with Crippen molar-refractivity contribution in [2.75, 3.05) is 52.9 Å². The molecule has 0 saturated carbocycles. The third-order valence-electron chi connectivity index (χ3n) is 5.18. The summed E-state index contributed by atoms with van der Waals surface area (Å²) in [5, 5.41) is 10.6. The summed E-state index contributed by atoms with van der Waals surface area (Å²) in [6.45, 7) is 13.1. The summed E-state index contributed by atoms with van der Waals surface area (Å²) in [6.07, 6.45) is -0.271. The van der Waals surface area contributed by atoms with Crippen molar-refractivity contribution in [3.05, 3.63) is 42.0 Å². The van der Waals surface area contributed by atoms with Crippen molar-refractivity contribution in [3.8, 4) is 5.75 Å². The van der Waals surface area contributed by atoms with E-state index in [0.29, 0.717) is 6.61 Å². The molecule has 0 radical (unpaired) electrons. The van der Waals surface area contributed by atoms with Crippen LogP contribution in [0, 0.1) is 0 Å². The number of β-amino-alcohol motifs (C(OH)–C–C–N with tert-alkyl or cyclic N) is 1. The number of likely N-dealkylation sites (N-methyl/N-ethyl adjacent to an activating group) is 1. The number of rotatable bonds is 6. The van der Waals surface area contributed by atoms with Crippen LogP contribution in [0.4, 0.5) is 0 Å². The summed E-state index contributed by atoms with van der Waals surface area (Å²) in [5.74, 6) is 0.919. The largest absolute Gasteiger partial charge is 0.489 e. The predicted octanol–water partition coefficient (Wildman–Crippen LogP) is 1.43. The van der Waals surface area contributed by atoms with E-state index in [4.69, 9.17) is 4.74 Å². The summed E-state index contributed by atoms with van der Waals surface area (Å²) < 4.78 is 5.89. The number of likely N-dealkylation sites (tertiary alicyclic amines) is 1. The first-order chi connectivity index (χ1) is 12.0. The van der Waals surface area contributed by atoms with Crippen LogP contribution >= 0.6 is 0 Å². The lowest BCUT2D eigenvalue weighted by Gasteiger charge is -2.37. The van der Waals surface area contributed by atoms with E-state index in [0.717, 1.165) is 57.1 Å². The van der Waals surface area contributed by atoms with Crippen LogP contribution in [-0.2, 0) is 6.54 Å². The summed E-state index contributed by atoms with van der Waals surface area (Å²) in [5.41, 5.74) is 2.19. The van der Waals surface area contributed by atoms with Gasteiger partial charge in [0.05, 0.1) is 6.10 Å². The molecule has 3 rings (SSSR count). The van der Waals surface area contributed by atoms with E-state index in [9.17, 15) is 5.11 Å². The zero-order valence-corrected chi connectivity index (χ0v) is 15.5.